The van der Waals surface area contributed by atoms with E-state index in [1.165, 1.54) is 14.3 Å². The Labute approximate surface area is 99.5 Å². The van der Waals surface area contributed by atoms with Crippen LogP contribution in [0.3, 0.4) is 0 Å². The van der Waals surface area contributed by atoms with Gasteiger partial charge in [-0.1, -0.05) is 20.3 Å². The Bertz CT molecular complexity index is 282. The predicted octanol–water partition coefficient (Wildman–Crippen LogP) is 2.22. The zero-order valence-electron chi connectivity index (χ0n) is 10.5. The van der Waals surface area contributed by atoms with Gasteiger partial charge in [0.25, 0.3) is 0 Å². The number of hydrogen-bond acceptors (Lipinski definition) is 2. The Morgan fingerprint density at radius 3 is 2.88 bits per heavy atom. The van der Waals surface area contributed by atoms with Crippen LogP contribution in [0.2, 0.25) is 0 Å². The molecule has 3 heteroatoms. The summed E-state index contributed by atoms with van der Waals surface area (Å²) in [5, 5.41) is 0. The SMILES string of the molecule is BC(=O)O[C@@H]1C[C@H]1CCC(C)CC(C)C#C. The average Bonchev–Trinajstić information content (AvgIpc) is 2.92. The van der Waals surface area contributed by atoms with Crippen LogP contribution in [0.5, 0.6) is 0 Å². The zero-order valence-corrected chi connectivity index (χ0v) is 10.5. The minimum atomic E-state index is -0.151. The van der Waals surface area contributed by atoms with Gasteiger partial charge in [0, 0.05) is 5.92 Å². The second-order valence-corrected chi connectivity index (χ2v) is 5.13. The molecule has 0 bridgehead atoms. The van der Waals surface area contributed by atoms with E-state index in [1.54, 1.807) is 0 Å². The van der Waals surface area contributed by atoms with Crippen molar-refractivity contribution in [2.24, 2.45) is 17.8 Å². The molecular formula is C13H21BO2. The summed E-state index contributed by atoms with van der Waals surface area (Å²) in [5.41, 5.74) is 0. The van der Waals surface area contributed by atoms with Gasteiger partial charge in [-0.3, -0.25) is 4.79 Å². The summed E-state index contributed by atoms with van der Waals surface area (Å²) in [5.74, 6) is 4.26. The van der Waals surface area contributed by atoms with Crippen LogP contribution < -0.4 is 0 Å². The molecular weight excluding hydrogens is 199 g/mol. The van der Waals surface area contributed by atoms with Crippen molar-refractivity contribution in [3.8, 4) is 12.3 Å². The fraction of sp³-hybridized carbons (Fsp3) is 0.769. The van der Waals surface area contributed by atoms with Crippen LogP contribution in [-0.2, 0) is 4.74 Å². The summed E-state index contributed by atoms with van der Waals surface area (Å²) >= 11 is 0. The molecule has 0 aliphatic heterocycles. The maximum atomic E-state index is 10.7. The first-order chi connectivity index (χ1) is 7.52. The van der Waals surface area contributed by atoms with Gasteiger partial charge in [0.15, 0.2) is 0 Å². The van der Waals surface area contributed by atoms with Crippen LogP contribution in [0.4, 0.5) is 4.79 Å². The molecule has 1 aliphatic rings. The van der Waals surface area contributed by atoms with Crippen molar-refractivity contribution in [2.75, 3.05) is 0 Å². The van der Waals surface area contributed by atoms with Gasteiger partial charge in [-0.2, -0.15) is 0 Å². The molecule has 1 aliphatic carbocycles. The average molecular weight is 220 g/mol. The van der Waals surface area contributed by atoms with Crippen LogP contribution >= 0.6 is 0 Å². The van der Waals surface area contributed by atoms with Crippen molar-refractivity contribution in [1.82, 2.24) is 0 Å². The first-order valence-electron chi connectivity index (χ1n) is 6.16. The molecule has 0 heterocycles. The lowest BCUT2D eigenvalue weighted by molar-refractivity contribution is 0.158. The highest BCUT2D eigenvalue weighted by atomic mass is 16.5. The van der Waals surface area contributed by atoms with Gasteiger partial charge in [0.2, 0.25) is 13.7 Å². The van der Waals surface area contributed by atoms with Gasteiger partial charge in [0.05, 0.1) is 0 Å². The molecule has 88 valence electrons. The Hall–Kier alpha value is -0.905. The first-order valence-corrected chi connectivity index (χ1v) is 6.16. The molecule has 0 amide bonds. The van der Waals surface area contributed by atoms with E-state index < -0.39 is 0 Å². The van der Waals surface area contributed by atoms with Crippen molar-refractivity contribution in [3.63, 3.8) is 0 Å². The minimum absolute atomic E-state index is 0.151. The highest BCUT2D eigenvalue weighted by Gasteiger charge is 2.39. The predicted molar refractivity (Wildman–Crippen MR) is 67.9 cm³/mol. The number of rotatable bonds is 6. The second-order valence-electron chi connectivity index (χ2n) is 5.13. The van der Waals surface area contributed by atoms with Gasteiger partial charge in [-0.25, -0.2) is 0 Å². The van der Waals surface area contributed by atoms with E-state index in [4.69, 9.17) is 11.2 Å². The third kappa shape index (κ3) is 4.74. The van der Waals surface area contributed by atoms with Crippen molar-refractivity contribution >= 4 is 13.7 Å². The molecule has 0 aromatic carbocycles. The molecule has 0 radical (unpaired) electrons. The second kappa shape index (κ2) is 5.99. The third-order valence-electron chi connectivity index (χ3n) is 3.25. The summed E-state index contributed by atoms with van der Waals surface area (Å²) in [6.07, 6.45) is 10.1. The largest absolute Gasteiger partial charge is 0.471 e. The Kier molecular flexibility index (Phi) is 4.92. The monoisotopic (exact) mass is 220 g/mol. The van der Waals surface area contributed by atoms with Gasteiger partial charge in [-0.05, 0) is 31.1 Å². The highest BCUT2D eigenvalue weighted by Crippen LogP contribution is 2.39. The summed E-state index contributed by atoms with van der Waals surface area (Å²) < 4.78 is 5.14. The minimum Gasteiger partial charge on any atom is -0.471 e. The van der Waals surface area contributed by atoms with Crippen LogP contribution in [0.15, 0.2) is 0 Å². The van der Waals surface area contributed by atoms with Gasteiger partial charge < -0.3 is 4.74 Å². The smallest absolute Gasteiger partial charge is 0.243 e. The Balaban J connectivity index is 2.08. The van der Waals surface area contributed by atoms with E-state index in [0.717, 1.165) is 19.3 Å². The van der Waals surface area contributed by atoms with E-state index in [2.05, 4.69) is 19.8 Å². The first kappa shape index (κ1) is 13.2. The summed E-state index contributed by atoms with van der Waals surface area (Å²) in [6.45, 7) is 4.34. The van der Waals surface area contributed by atoms with E-state index in [0.29, 0.717) is 17.8 Å². The van der Waals surface area contributed by atoms with Crippen molar-refractivity contribution in [2.45, 2.75) is 45.6 Å². The third-order valence-corrected chi connectivity index (χ3v) is 3.25. The topological polar surface area (TPSA) is 26.3 Å². The molecule has 2 unspecified atom stereocenters. The molecule has 1 rings (SSSR count). The lowest BCUT2D eigenvalue weighted by Crippen LogP contribution is -2.06. The lowest BCUT2D eigenvalue weighted by Gasteiger charge is -2.12. The maximum absolute atomic E-state index is 10.7. The molecule has 16 heavy (non-hydrogen) atoms. The quantitative estimate of drug-likeness (QED) is 0.506. The number of carbonyl (C=O) groups excluding carboxylic acids is 1. The molecule has 0 N–H and O–H groups in total. The fourth-order valence-corrected chi connectivity index (χ4v) is 2.17. The van der Waals surface area contributed by atoms with Gasteiger partial charge >= 0.3 is 0 Å². The molecule has 4 atom stereocenters. The molecule has 0 spiro atoms. The maximum Gasteiger partial charge on any atom is 0.243 e. The van der Waals surface area contributed by atoms with Crippen LogP contribution in [0.1, 0.15) is 39.5 Å². The van der Waals surface area contributed by atoms with E-state index in [-0.39, 0.29) is 12.0 Å². The normalized spacial score (nSPS) is 26.6. The number of ether oxygens (including phenoxy) is 1. The van der Waals surface area contributed by atoms with Gasteiger partial charge in [0.1, 0.15) is 6.10 Å². The number of hydrogen-bond donors (Lipinski definition) is 0. The fourth-order valence-electron chi connectivity index (χ4n) is 2.17. The molecule has 0 saturated heterocycles. The van der Waals surface area contributed by atoms with Crippen LogP contribution in [0, 0.1) is 30.1 Å². The van der Waals surface area contributed by atoms with Gasteiger partial charge in [-0.15, -0.1) is 12.3 Å². The Morgan fingerprint density at radius 1 is 1.62 bits per heavy atom. The number of carbonyl (C=O) groups is 1. The van der Waals surface area contributed by atoms with E-state index >= 15 is 0 Å². The highest BCUT2D eigenvalue weighted by molar-refractivity contribution is 6.55. The molecule has 1 fully saturated rings. The summed E-state index contributed by atoms with van der Waals surface area (Å²) in [7, 11) is 1.48. The molecule has 1 saturated carbocycles. The zero-order chi connectivity index (χ0) is 12.1. The number of terminal acetylenes is 1. The van der Waals surface area contributed by atoms with E-state index in [9.17, 15) is 4.79 Å². The standard InChI is InChI=1S/C13H21BO2/c1-4-9(2)7-10(3)5-6-11-8-12(11)16-13(14)15/h1,9-12H,5-8,14H2,2-3H3/t9?,10?,11-,12-/m1/s1. The van der Waals surface area contributed by atoms with E-state index in [1.807, 2.05) is 0 Å². The summed E-state index contributed by atoms with van der Waals surface area (Å²) in [4.78, 5) is 10.7. The summed E-state index contributed by atoms with van der Waals surface area (Å²) in [6, 6.07) is 0. The lowest BCUT2D eigenvalue weighted by atomic mass is 9.93. The van der Waals surface area contributed by atoms with Crippen molar-refractivity contribution in [3.05, 3.63) is 0 Å². The van der Waals surface area contributed by atoms with Crippen LogP contribution in [-0.4, -0.2) is 19.8 Å². The van der Waals surface area contributed by atoms with Crippen molar-refractivity contribution in [1.29, 1.82) is 0 Å². The molecule has 0 aromatic heterocycles. The molecule has 0 aromatic rings. The molecule has 2 nitrogen and oxygen atoms in total. The van der Waals surface area contributed by atoms with Crippen molar-refractivity contribution < 1.29 is 9.53 Å². The Morgan fingerprint density at radius 2 is 2.31 bits per heavy atom. The van der Waals surface area contributed by atoms with Crippen LogP contribution in [0.25, 0.3) is 0 Å².